The molecule has 1 N–H and O–H groups in total. The van der Waals surface area contributed by atoms with Gasteiger partial charge in [-0.15, -0.1) is 10.2 Å². The Balaban J connectivity index is 1.76. The largest absolute Gasteiger partial charge is 0.482 e. The van der Waals surface area contributed by atoms with Crippen LogP contribution in [0.3, 0.4) is 0 Å². The van der Waals surface area contributed by atoms with E-state index in [-0.39, 0.29) is 17.5 Å². The van der Waals surface area contributed by atoms with E-state index in [4.69, 9.17) is 4.74 Å². The van der Waals surface area contributed by atoms with E-state index in [1.807, 2.05) is 0 Å². The summed E-state index contributed by atoms with van der Waals surface area (Å²) in [6.45, 7) is 0.829. The van der Waals surface area contributed by atoms with Crippen LogP contribution in [0.1, 0.15) is 30.3 Å². The fourth-order valence-electron chi connectivity index (χ4n) is 3.07. The number of aromatic nitrogens is 3. The number of hydrogen-bond donors (Lipinski definition) is 1. The number of halogens is 3. The molecule has 10 heteroatoms. The van der Waals surface area contributed by atoms with Crippen molar-refractivity contribution >= 4 is 11.7 Å². The maximum atomic E-state index is 12.7. The van der Waals surface area contributed by atoms with E-state index in [2.05, 4.69) is 15.5 Å². The number of urea groups is 1. The maximum Gasteiger partial charge on any atom is 0.422 e. The van der Waals surface area contributed by atoms with Gasteiger partial charge in [0.05, 0.1) is 11.7 Å². The Labute approximate surface area is 154 Å². The summed E-state index contributed by atoms with van der Waals surface area (Å²) in [6, 6.07) is 4.04. The molecule has 3 rings (SSSR count). The quantitative estimate of drug-likeness (QED) is 0.878. The molecule has 0 spiro atoms. The lowest BCUT2D eigenvalue weighted by Crippen LogP contribution is -2.35. The van der Waals surface area contributed by atoms with Gasteiger partial charge in [0.15, 0.2) is 12.4 Å². The Morgan fingerprint density at radius 1 is 1.41 bits per heavy atom. The lowest BCUT2D eigenvalue weighted by molar-refractivity contribution is -0.153. The third kappa shape index (κ3) is 4.50. The number of nitrogens with zero attached hydrogens (tertiary/aromatic N) is 4. The number of nitrogens with one attached hydrogen (secondary N) is 1. The Hall–Kier alpha value is -2.78. The van der Waals surface area contributed by atoms with Crippen LogP contribution in [0.4, 0.5) is 23.7 Å². The van der Waals surface area contributed by atoms with Gasteiger partial charge in [-0.2, -0.15) is 13.2 Å². The van der Waals surface area contributed by atoms with E-state index < -0.39 is 18.8 Å². The third-order valence-electron chi connectivity index (χ3n) is 4.33. The number of hydrogen-bond acceptors (Lipinski definition) is 4. The molecular weight excluding hydrogens is 363 g/mol. The smallest absolute Gasteiger partial charge is 0.422 e. The molecule has 146 valence electrons. The molecule has 7 nitrogen and oxygen atoms in total. The SMILES string of the molecule is Cc1ccc(NC(=O)N2CCCC2c2nncn2C)c(OCC(F)(F)F)c1. The van der Waals surface area contributed by atoms with Gasteiger partial charge in [0, 0.05) is 13.6 Å². The fraction of sp³-hybridized carbons (Fsp3) is 0.471. The van der Waals surface area contributed by atoms with Crippen molar-refractivity contribution in [2.24, 2.45) is 7.05 Å². The Morgan fingerprint density at radius 3 is 2.85 bits per heavy atom. The Bertz CT molecular complexity index is 821. The second-order valence-corrected chi connectivity index (χ2v) is 6.49. The van der Waals surface area contributed by atoms with Crippen LogP contribution in [-0.2, 0) is 7.05 Å². The number of alkyl halides is 3. The van der Waals surface area contributed by atoms with Crippen LogP contribution in [0.25, 0.3) is 0 Å². The minimum Gasteiger partial charge on any atom is -0.482 e. The molecule has 1 atom stereocenters. The molecule has 27 heavy (non-hydrogen) atoms. The molecule has 1 aliphatic heterocycles. The minimum atomic E-state index is -4.46. The lowest BCUT2D eigenvalue weighted by atomic mass is 10.2. The van der Waals surface area contributed by atoms with E-state index in [0.29, 0.717) is 12.4 Å². The highest BCUT2D eigenvalue weighted by atomic mass is 19.4. The van der Waals surface area contributed by atoms with E-state index >= 15 is 0 Å². The van der Waals surface area contributed by atoms with Crippen molar-refractivity contribution < 1.29 is 22.7 Å². The summed E-state index contributed by atoms with van der Waals surface area (Å²) in [5.41, 5.74) is 0.918. The number of anilines is 1. The fourth-order valence-corrected chi connectivity index (χ4v) is 3.07. The van der Waals surface area contributed by atoms with Crippen molar-refractivity contribution in [3.8, 4) is 5.75 Å². The number of rotatable bonds is 4. The van der Waals surface area contributed by atoms with Crippen molar-refractivity contribution in [2.45, 2.75) is 32.0 Å². The predicted octanol–water partition coefficient (Wildman–Crippen LogP) is 3.43. The number of carbonyl (C=O) groups excluding carboxylic acids is 1. The maximum absolute atomic E-state index is 12.7. The van der Waals surface area contributed by atoms with Gasteiger partial charge in [0.25, 0.3) is 0 Å². The molecular formula is C17H20F3N5O2. The molecule has 0 saturated carbocycles. The van der Waals surface area contributed by atoms with Gasteiger partial charge in [-0.3, -0.25) is 0 Å². The van der Waals surface area contributed by atoms with E-state index in [1.54, 1.807) is 35.8 Å². The first-order valence-electron chi connectivity index (χ1n) is 8.46. The summed E-state index contributed by atoms with van der Waals surface area (Å²) < 4.78 is 44.1. The van der Waals surface area contributed by atoms with Crippen LogP contribution in [-0.4, -0.2) is 45.0 Å². The highest BCUT2D eigenvalue weighted by molar-refractivity contribution is 5.91. The minimum absolute atomic E-state index is 0.0184. The summed E-state index contributed by atoms with van der Waals surface area (Å²) in [5.74, 6) is 0.648. The van der Waals surface area contributed by atoms with Crippen LogP contribution < -0.4 is 10.1 Å². The van der Waals surface area contributed by atoms with Gasteiger partial charge in [-0.1, -0.05) is 6.07 Å². The average Bonchev–Trinajstić information content (AvgIpc) is 3.22. The van der Waals surface area contributed by atoms with Gasteiger partial charge < -0.3 is 19.5 Å². The van der Waals surface area contributed by atoms with Crippen LogP contribution in [0.15, 0.2) is 24.5 Å². The van der Waals surface area contributed by atoms with Gasteiger partial charge in [-0.25, -0.2) is 4.79 Å². The van der Waals surface area contributed by atoms with Crippen molar-refractivity contribution in [1.29, 1.82) is 0 Å². The summed E-state index contributed by atoms with van der Waals surface area (Å²) in [6.07, 6.45) is -1.36. The number of likely N-dealkylation sites (tertiary alicyclic amines) is 1. The predicted molar refractivity (Wildman–Crippen MR) is 91.4 cm³/mol. The molecule has 2 heterocycles. The number of carbonyl (C=O) groups is 1. The average molecular weight is 383 g/mol. The van der Waals surface area contributed by atoms with Crippen molar-refractivity contribution in [3.63, 3.8) is 0 Å². The van der Waals surface area contributed by atoms with Crippen molar-refractivity contribution in [1.82, 2.24) is 19.7 Å². The summed E-state index contributed by atoms with van der Waals surface area (Å²) in [5, 5.41) is 10.6. The number of benzene rings is 1. The first-order chi connectivity index (χ1) is 12.7. The molecule has 0 aliphatic carbocycles. The van der Waals surface area contributed by atoms with Crippen molar-refractivity contribution in [2.75, 3.05) is 18.5 Å². The number of ether oxygens (including phenoxy) is 1. The molecule has 0 radical (unpaired) electrons. The topological polar surface area (TPSA) is 72.3 Å². The van der Waals surface area contributed by atoms with E-state index in [1.165, 1.54) is 12.1 Å². The zero-order chi connectivity index (χ0) is 19.6. The molecule has 1 aliphatic rings. The summed E-state index contributed by atoms with van der Waals surface area (Å²) >= 11 is 0. The second kappa shape index (κ2) is 7.45. The number of aryl methyl sites for hydroxylation is 2. The van der Waals surface area contributed by atoms with Crippen LogP contribution >= 0.6 is 0 Å². The molecule has 1 saturated heterocycles. The lowest BCUT2D eigenvalue weighted by Gasteiger charge is -2.25. The summed E-state index contributed by atoms with van der Waals surface area (Å²) in [4.78, 5) is 14.4. The highest BCUT2D eigenvalue weighted by Crippen LogP contribution is 2.33. The summed E-state index contributed by atoms with van der Waals surface area (Å²) in [7, 11) is 1.80. The molecule has 1 aromatic carbocycles. The van der Waals surface area contributed by atoms with Crippen LogP contribution in [0.2, 0.25) is 0 Å². The van der Waals surface area contributed by atoms with Gasteiger partial charge in [-0.05, 0) is 37.5 Å². The zero-order valence-electron chi connectivity index (χ0n) is 15.0. The van der Waals surface area contributed by atoms with Crippen molar-refractivity contribution in [3.05, 3.63) is 35.9 Å². The molecule has 1 aromatic heterocycles. The van der Waals surface area contributed by atoms with Crippen LogP contribution in [0.5, 0.6) is 5.75 Å². The first-order valence-corrected chi connectivity index (χ1v) is 8.46. The van der Waals surface area contributed by atoms with E-state index in [9.17, 15) is 18.0 Å². The van der Waals surface area contributed by atoms with Gasteiger partial charge >= 0.3 is 12.2 Å². The second-order valence-electron chi connectivity index (χ2n) is 6.49. The Kier molecular flexibility index (Phi) is 5.24. The van der Waals surface area contributed by atoms with Gasteiger partial charge in [0.1, 0.15) is 12.1 Å². The first kappa shape index (κ1) is 19.0. The van der Waals surface area contributed by atoms with Crippen LogP contribution in [0, 0.1) is 6.92 Å². The number of amides is 2. The normalized spacial score (nSPS) is 17.2. The zero-order valence-corrected chi connectivity index (χ0v) is 15.0. The molecule has 2 aromatic rings. The standard InChI is InChI=1S/C17H20F3N5O2/c1-11-5-6-12(14(8-11)27-9-17(18,19)20)22-16(26)25-7-3-4-13(25)15-23-21-10-24(15)2/h5-6,8,10,13H,3-4,7,9H2,1-2H3,(H,22,26). The highest BCUT2D eigenvalue weighted by Gasteiger charge is 2.33. The van der Waals surface area contributed by atoms with Gasteiger partial charge in [0.2, 0.25) is 0 Å². The molecule has 1 unspecified atom stereocenters. The molecule has 2 amide bonds. The monoisotopic (exact) mass is 383 g/mol. The van der Waals surface area contributed by atoms with E-state index in [0.717, 1.165) is 18.4 Å². The Morgan fingerprint density at radius 2 is 2.19 bits per heavy atom. The molecule has 1 fully saturated rings. The third-order valence-corrected chi connectivity index (χ3v) is 4.33. The molecule has 0 bridgehead atoms.